The molecule has 0 radical (unpaired) electrons. The van der Waals surface area contributed by atoms with E-state index in [9.17, 15) is 10.2 Å². The lowest BCUT2D eigenvalue weighted by atomic mass is 9.71. The first-order chi connectivity index (χ1) is 7.08. The minimum Gasteiger partial charge on any atom is -0.387 e. The van der Waals surface area contributed by atoms with Gasteiger partial charge in [0.25, 0.3) is 0 Å². The molecule has 0 aliphatic heterocycles. The maximum absolute atomic E-state index is 10.9. The number of aliphatic hydroxyl groups is 2. The molecule has 2 atom stereocenters. The van der Waals surface area contributed by atoms with E-state index >= 15 is 0 Å². The Morgan fingerprint density at radius 3 is 1.12 bits per heavy atom. The van der Waals surface area contributed by atoms with Gasteiger partial charge in [-0.25, -0.2) is 0 Å². The number of alkyl halides is 2. The Bertz CT molecular complexity index is 375. The van der Waals surface area contributed by atoms with Crippen molar-refractivity contribution in [1.82, 2.24) is 0 Å². The van der Waals surface area contributed by atoms with Crippen molar-refractivity contribution in [3.63, 3.8) is 0 Å². The SMILES string of the molecule is CC(O)(C(C)(O)C12CC1(Br)C2)C12CC1(Br)C2. The van der Waals surface area contributed by atoms with E-state index in [0.29, 0.717) is 0 Å². The highest BCUT2D eigenvalue weighted by Gasteiger charge is 2.97. The molecule has 4 saturated carbocycles. The van der Waals surface area contributed by atoms with Crippen molar-refractivity contribution < 1.29 is 10.2 Å². The second-order valence-corrected chi connectivity index (χ2v) is 9.98. The monoisotopic (exact) mass is 350 g/mol. The predicted octanol–water partition coefficient (Wildman–Crippen LogP) is 2.34. The maximum atomic E-state index is 10.9. The van der Waals surface area contributed by atoms with Gasteiger partial charge in [0.05, 0.1) is 11.2 Å². The van der Waals surface area contributed by atoms with Crippen LogP contribution in [0.25, 0.3) is 0 Å². The van der Waals surface area contributed by atoms with E-state index in [0.717, 1.165) is 25.7 Å². The summed E-state index contributed by atoms with van der Waals surface area (Å²) in [6.45, 7) is 3.67. The van der Waals surface area contributed by atoms with E-state index in [2.05, 4.69) is 31.9 Å². The van der Waals surface area contributed by atoms with Crippen LogP contribution in [-0.2, 0) is 0 Å². The van der Waals surface area contributed by atoms with E-state index in [1.165, 1.54) is 0 Å². The molecule has 2 N–H and O–H groups in total. The number of rotatable bonds is 3. The maximum Gasteiger partial charge on any atom is 0.0978 e. The van der Waals surface area contributed by atoms with Gasteiger partial charge in [0, 0.05) is 19.5 Å². The van der Waals surface area contributed by atoms with Crippen LogP contribution < -0.4 is 0 Å². The zero-order valence-electron chi connectivity index (χ0n) is 9.48. The minimum absolute atomic E-state index is 0.0582. The van der Waals surface area contributed by atoms with Crippen molar-refractivity contribution in [2.24, 2.45) is 10.8 Å². The number of hydrogen-bond acceptors (Lipinski definition) is 2. The number of fused-ring (bicyclic) bond motifs is 2. The van der Waals surface area contributed by atoms with E-state index < -0.39 is 11.2 Å². The van der Waals surface area contributed by atoms with Crippen LogP contribution in [-0.4, -0.2) is 30.1 Å². The Morgan fingerprint density at radius 2 is 1.00 bits per heavy atom. The van der Waals surface area contributed by atoms with Crippen LogP contribution in [0.1, 0.15) is 39.5 Å². The van der Waals surface area contributed by atoms with Crippen molar-refractivity contribution in [1.29, 1.82) is 0 Å². The third-order valence-corrected chi connectivity index (χ3v) is 8.99. The highest BCUT2D eigenvalue weighted by Crippen LogP contribution is 2.94. The van der Waals surface area contributed by atoms with Gasteiger partial charge in [-0.05, 0) is 39.5 Å². The summed E-state index contributed by atoms with van der Waals surface area (Å²) >= 11 is 7.35. The van der Waals surface area contributed by atoms with Gasteiger partial charge in [-0.15, -0.1) is 0 Å². The zero-order valence-corrected chi connectivity index (χ0v) is 12.7. The Labute approximate surface area is 112 Å². The zero-order chi connectivity index (χ0) is 11.8. The van der Waals surface area contributed by atoms with Crippen molar-refractivity contribution in [3.05, 3.63) is 0 Å². The molecule has 90 valence electrons. The van der Waals surface area contributed by atoms with Gasteiger partial charge in [-0.1, -0.05) is 31.9 Å². The van der Waals surface area contributed by atoms with Crippen LogP contribution in [0.4, 0.5) is 0 Å². The molecule has 0 heterocycles. The summed E-state index contributed by atoms with van der Waals surface area (Å²) in [6.07, 6.45) is 4.03. The van der Waals surface area contributed by atoms with Gasteiger partial charge in [0.15, 0.2) is 0 Å². The van der Waals surface area contributed by atoms with Gasteiger partial charge in [-0.3, -0.25) is 0 Å². The molecule has 0 aromatic heterocycles. The van der Waals surface area contributed by atoms with E-state index in [1.807, 2.05) is 13.8 Å². The highest BCUT2D eigenvalue weighted by molar-refractivity contribution is 9.10. The summed E-state index contributed by atoms with van der Waals surface area (Å²) < 4.78 is 0.283. The molecule has 0 saturated heterocycles. The van der Waals surface area contributed by atoms with Crippen LogP contribution in [0.3, 0.4) is 0 Å². The van der Waals surface area contributed by atoms with Gasteiger partial charge in [0.2, 0.25) is 0 Å². The first-order valence-electron chi connectivity index (χ1n) is 5.90. The average Bonchev–Trinajstić information content (AvgIpc) is 2.89. The third-order valence-electron chi connectivity index (χ3n) is 6.35. The summed E-state index contributed by atoms with van der Waals surface area (Å²) in [5.74, 6) is 0. The lowest BCUT2D eigenvalue weighted by Gasteiger charge is -2.43. The molecule has 2 unspecified atom stereocenters. The van der Waals surface area contributed by atoms with Crippen molar-refractivity contribution >= 4 is 31.9 Å². The Hall–Kier alpha value is 0.880. The fourth-order valence-electron chi connectivity index (χ4n) is 4.13. The van der Waals surface area contributed by atoms with E-state index in [4.69, 9.17) is 0 Å². The summed E-state index contributed by atoms with van der Waals surface area (Å²) in [4.78, 5) is 0. The van der Waals surface area contributed by atoms with Crippen molar-refractivity contribution in [2.45, 2.75) is 59.4 Å². The van der Waals surface area contributed by atoms with Crippen molar-refractivity contribution in [2.75, 3.05) is 0 Å². The minimum atomic E-state index is -0.977. The summed E-state index contributed by atoms with van der Waals surface area (Å²) in [7, 11) is 0. The standard InChI is InChI=1S/C12H16Br2O2/c1-7(15,9-3-11(9,13)4-9)8(2,16)10-5-12(10,14)6-10/h15-16H,3-6H2,1-2H3. The largest absolute Gasteiger partial charge is 0.387 e. The molecule has 0 amide bonds. The average molecular weight is 352 g/mol. The van der Waals surface area contributed by atoms with Crippen LogP contribution in [0.5, 0.6) is 0 Å². The number of hydrogen-bond donors (Lipinski definition) is 2. The molecular weight excluding hydrogens is 336 g/mol. The van der Waals surface area contributed by atoms with Gasteiger partial charge < -0.3 is 10.2 Å². The Kier molecular flexibility index (Phi) is 1.42. The molecule has 2 nitrogen and oxygen atoms in total. The van der Waals surface area contributed by atoms with Gasteiger partial charge in [-0.2, -0.15) is 0 Å². The first kappa shape index (κ1) is 10.8. The Balaban J connectivity index is 1.71. The number of halogens is 2. The van der Waals surface area contributed by atoms with Crippen LogP contribution in [0, 0.1) is 10.8 Å². The van der Waals surface area contributed by atoms with Crippen LogP contribution in [0.15, 0.2) is 0 Å². The molecular formula is C12H16Br2O2. The summed E-state index contributed by atoms with van der Waals surface area (Å²) in [6, 6.07) is 0. The topological polar surface area (TPSA) is 40.5 Å². The molecule has 4 fully saturated rings. The molecule has 0 aromatic rings. The summed E-state index contributed by atoms with van der Waals surface area (Å²) in [5, 5.41) is 21.7. The highest BCUT2D eigenvalue weighted by atomic mass is 79.9. The molecule has 4 heteroatoms. The fraction of sp³-hybridized carbons (Fsp3) is 1.00. The third kappa shape index (κ3) is 0.749. The lowest BCUT2D eigenvalue weighted by Crippen LogP contribution is -2.57. The molecule has 0 aromatic carbocycles. The van der Waals surface area contributed by atoms with Crippen LogP contribution >= 0.6 is 31.9 Å². The first-order valence-corrected chi connectivity index (χ1v) is 7.49. The van der Waals surface area contributed by atoms with Crippen LogP contribution in [0.2, 0.25) is 0 Å². The summed E-state index contributed by atoms with van der Waals surface area (Å²) in [5.41, 5.74) is -2.07. The molecule has 4 rings (SSSR count). The normalized spacial score (nSPS) is 67.1. The second-order valence-electron chi connectivity index (χ2n) is 6.95. The van der Waals surface area contributed by atoms with E-state index in [1.54, 1.807) is 0 Å². The van der Waals surface area contributed by atoms with E-state index in [-0.39, 0.29) is 19.5 Å². The smallest absolute Gasteiger partial charge is 0.0978 e. The van der Waals surface area contributed by atoms with Crippen molar-refractivity contribution in [3.8, 4) is 0 Å². The van der Waals surface area contributed by atoms with Gasteiger partial charge in [0.1, 0.15) is 0 Å². The fourth-order valence-corrected chi connectivity index (χ4v) is 6.81. The molecule has 4 aliphatic rings. The molecule has 4 aliphatic carbocycles. The molecule has 0 spiro atoms. The predicted molar refractivity (Wildman–Crippen MR) is 67.9 cm³/mol. The molecule has 0 bridgehead atoms. The lowest BCUT2D eigenvalue weighted by molar-refractivity contribution is -0.180. The quantitative estimate of drug-likeness (QED) is 0.766. The second kappa shape index (κ2) is 2.10. The van der Waals surface area contributed by atoms with Gasteiger partial charge >= 0.3 is 0 Å². The molecule has 16 heavy (non-hydrogen) atoms. The Morgan fingerprint density at radius 1 is 0.812 bits per heavy atom.